The standard InChI is InChI=1S/C22H23BO2/c1-21(2)22(3,4)25-23(24-21)18-12-7-11-17(15-18)20-14-8-10-16-9-5-6-13-19(16)20/h5-15H,1-4H3/i5D,6D,8D,9D,10D,13D,14D. The highest BCUT2D eigenvalue weighted by atomic mass is 16.7. The summed E-state index contributed by atoms with van der Waals surface area (Å²) in [5.74, 6) is 0. The molecule has 0 spiro atoms. The van der Waals surface area contributed by atoms with Crippen LogP contribution in [0.2, 0.25) is 0 Å². The van der Waals surface area contributed by atoms with Crippen molar-refractivity contribution >= 4 is 23.4 Å². The zero-order valence-electron chi connectivity index (χ0n) is 21.7. The molecule has 1 fully saturated rings. The van der Waals surface area contributed by atoms with E-state index in [4.69, 9.17) is 18.9 Å². The summed E-state index contributed by atoms with van der Waals surface area (Å²) < 4.78 is 70.0. The predicted molar refractivity (Wildman–Crippen MR) is 105 cm³/mol. The fourth-order valence-electron chi connectivity index (χ4n) is 2.85. The molecule has 4 rings (SSSR count). The third kappa shape index (κ3) is 2.78. The molecule has 126 valence electrons. The van der Waals surface area contributed by atoms with Crippen LogP contribution in [0.25, 0.3) is 21.9 Å². The maximum Gasteiger partial charge on any atom is 0.494 e. The van der Waals surface area contributed by atoms with Crippen molar-refractivity contribution < 1.29 is 18.9 Å². The van der Waals surface area contributed by atoms with Gasteiger partial charge in [-0.3, -0.25) is 0 Å². The molecule has 3 heteroatoms. The highest BCUT2D eigenvalue weighted by Crippen LogP contribution is 2.37. The molecule has 25 heavy (non-hydrogen) atoms. The summed E-state index contributed by atoms with van der Waals surface area (Å²) in [5, 5.41) is 0.00102. The summed E-state index contributed by atoms with van der Waals surface area (Å²) >= 11 is 0. The topological polar surface area (TPSA) is 18.5 Å². The van der Waals surface area contributed by atoms with Crippen LogP contribution in [0.4, 0.5) is 0 Å². The average Bonchev–Trinajstić information content (AvgIpc) is 2.96. The van der Waals surface area contributed by atoms with Crippen LogP contribution in [0, 0.1) is 0 Å². The lowest BCUT2D eigenvalue weighted by Crippen LogP contribution is -2.41. The van der Waals surface area contributed by atoms with Crippen molar-refractivity contribution in [2.24, 2.45) is 0 Å². The van der Waals surface area contributed by atoms with E-state index in [9.17, 15) is 0 Å². The molecule has 0 unspecified atom stereocenters. The summed E-state index contributed by atoms with van der Waals surface area (Å²) in [7, 11) is -0.653. The Morgan fingerprint density at radius 1 is 0.880 bits per heavy atom. The van der Waals surface area contributed by atoms with Crippen LogP contribution in [-0.4, -0.2) is 18.3 Å². The molecular formula is C22H23BO2. The van der Waals surface area contributed by atoms with Crippen molar-refractivity contribution in [3.8, 4) is 11.1 Å². The van der Waals surface area contributed by atoms with Gasteiger partial charge in [-0.1, -0.05) is 66.6 Å². The SMILES string of the molecule is [2H]c1c([2H])c([2H])c2c(-c3cccc(B4OC(C)(C)C(C)(C)O4)c3)c([2H])c([2H])c([2H])c2c1[2H]. The molecule has 1 heterocycles. The van der Waals surface area contributed by atoms with Gasteiger partial charge in [-0.2, -0.15) is 0 Å². The Morgan fingerprint density at radius 2 is 1.56 bits per heavy atom. The first kappa shape index (κ1) is 10.2. The number of fused-ring (bicyclic) bond motifs is 1. The van der Waals surface area contributed by atoms with Gasteiger partial charge < -0.3 is 9.31 Å². The molecule has 0 aromatic heterocycles. The molecule has 0 bridgehead atoms. The van der Waals surface area contributed by atoms with E-state index < -0.39 is 36.4 Å². The minimum Gasteiger partial charge on any atom is -0.399 e. The van der Waals surface area contributed by atoms with Gasteiger partial charge in [0, 0.05) is 0 Å². The van der Waals surface area contributed by atoms with Crippen molar-refractivity contribution in [1.82, 2.24) is 0 Å². The zero-order valence-corrected chi connectivity index (χ0v) is 14.7. The first-order valence-corrected chi connectivity index (χ1v) is 8.24. The Labute approximate surface area is 159 Å². The van der Waals surface area contributed by atoms with Crippen molar-refractivity contribution in [2.75, 3.05) is 0 Å². The van der Waals surface area contributed by atoms with Crippen LogP contribution < -0.4 is 5.46 Å². The molecule has 3 aromatic carbocycles. The molecule has 0 amide bonds. The van der Waals surface area contributed by atoms with E-state index in [0.29, 0.717) is 11.0 Å². The van der Waals surface area contributed by atoms with E-state index in [1.54, 1.807) is 18.2 Å². The number of benzene rings is 3. The van der Waals surface area contributed by atoms with E-state index in [1.165, 1.54) is 0 Å². The van der Waals surface area contributed by atoms with Crippen LogP contribution in [0.3, 0.4) is 0 Å². The molecule has 0 saturated carbocycles. The van der Waals surface area contributed by atoms with Crippen LogP contribution in [0.5, 0.6) is 0 Å². The molecule has 1 saturated heterocycles. The molecule has 2 nitrogen and oxygen atoms in total. The van der Waals surface area contributed by atoms with Crippen LogP contribution in [-0.2, 0) is 9.31 Å². The van der Waals surface area contributed by atoms with E-state index in [-0.39, 0.29) is 40.5 Å². The lowest BCUT2D eigenvalue weighted by molar-refractivity contribution is 0.00578. The van der Waals surface area contributed by atoms with Gasteiger partial charge in [-0.05, 0) is 55.1 Å². The summed E-state index contributed by atoms with van der Waals surface area (Å²) in [5.41, 5.74) is 0.288. The quantitative estimate of drug-likeness (QED) is 0.625. The second kappa shape index (κ2) is 5.72. The van der Waals surface area contributed by atoms with E-state index >= 15 is 0 Å². The van der Waals surface area contributed by atoms with Crippen LogP contribution >= 0.6 is 0 Å². The molecule has 1 aliphatic rings. The van der Waals surface area contributed by atoms with Gasteiger partial charge in [-0.15, -0.1) is 0 Å². The van der Waals surface area contributed by atoms with E-state index in [1.807, 2.05) is 33.8 Å². The fourth-order valence-corrected chi connectivity index (χ4v) is 2.85. The van der Waals surface area contributed by atoms with Gasteiger partial charge in [-0.25, -0.2) is 0 Å². The normalized spacial score (nSPS) is 22.6. The van der Waals surface area contributed by atoms with Crippen molar-refractivity contribution in [3.63, 3.8) is 0 Å². The maximum absolute atomic E-state index is 8.53. The van der Waals surface area contributed by atoms with Crippen molar-refractivity contribution in [2.45, 2.75) is 38.9 Å². The smallest absolute Gasteiger partial charge is 0.399 e. The molecular weight excluding hydrogens is 307 g/mol. The maximum atomic E-state index is 8.53. The van der Waals surface area contributed by atoms with Gasteiger partial charge in [0.25, 0.3) is 0 Å². The van der Waals surface area contributed by atoms with E-state index in [0.717, 1.165) is 0 Å². The molecule has 1 aliphatic heterocycles. The average molecular weight is 337 g/mol. The second-order valence-electron chi connectivity index (χ2n) is 7.21. The van der Waals surface area contributed by atoms with Gasteiger partial charge in [0.2, 0.25) is 0 Å². The van der Waals surface area contributed by atoms with Gasteiger partial charge in [0.15, 0.2) is 0 Å². The molecule has 3 aromatic rings. The number of rotatable bonds is 2. The Hall–Kier alpha value is -2.10. The first-order chi connectivity index (χ1) is 14.8. The number of hydrogen-bond acceptors (Lipinski definition) is 2. The van der Waals surface area contributed by atoms with Crippen LogP contribution in [0.1, 0.15) is 37.3 Å². The van der Waals surface area contributed by atoms with Gasteiger partial charge in [0.1, 0.15) is 0 Å². The van der Waals surface area contributed by atoms with Crippen LogP contribution in [0.15, 0.2) is 66.6 Å². The Bertz CT molecular complexity index is 1250. The Morgan fingerprint density at radius 3 is 2.32 bits per heavy atom. The zero-order chi connectivity index (χ0) is 23.7. The highest BCUT2D eigenvalue weighted by Gasteiger charge is 2.51. The molecule has 0 atom stereocenters. The van der Waals surface area contributed by atoms with Crippen molar-refractivity contribution in [3.05, 3.63) is 66.6 Å². The predicted octanol–water partition coefficient (Wildman–Crippen LogP) is 4.81. The van der Waals surface area contributed by atoms with E-state index in [2.05, 4.69) is 0 Å². The summed E-state index contributed by atoms with van der Waals surface area (Å²) in [4.78, 5) is 0. The van der Waals surface area contributed by atoms with Gasteiger partial charge in [0.05, 0.1) is 20.8 Å². The Kier molecular flexibility index (Phi) is 2.32. The first-order valence-electron chi connectivity index (χ1n) is 11.7. The third-order valence-electron chi connectivity index (χ3n) is 5.01. The molecule has 0 radical (unpaired) electrons. The largest absolute Gasteiger partial charge is 0.494 e. The Balaban J connectivity index is 1.99. The third-order valence-corrected chi connectivity index (χ3v) is 5.01. The lowest BCUT2D eigenvalue weighted by atomic mass is 9.78. The molecule has 0 aliphatic carbocycles. The summed E-state index contributed by atoms with van der Waals surface area (Å²) in [6.07, 6.45) is 0. The van der Waals surface area contributed by atoms with Crippen molar-refractivity contribution in [1.29, 1.82) is 0 Å². The van der Waals surface area contributed by atoms with Gasteiger partial charge >= 0.3 is 7.12 Å². The second-order valence-corrected chi connectivity index (χ2v) is 7.21. The monoisotopic (exact) mass is 337 g/mol. The fraction of sp³-hybridized carbons (Fsp3) is 0.273. The number of hydrogen-bond donors (Lipinski definition) is 0. The summed E-state index contributed by atoms with van der Waals surface area (Å²) in [6.45, 7) is 7.79. The minimum atomic E-state index is -0.653. The minimum absolute atomic E-state index is 0.0620. The summed E-state index contributed by atoms with van der Waals surface area (Å²) in [6, 6.07) is 4.37. The highest BCUT2D eigenvalue weighted by molar-refractivity contribution is 6.62. The lowest BCUT2D eigenvalue weighted by Gasteiger charge is -2.32. The molecule has 0 N–H and O–H groups in total.